The number of pyridine rings is 1. The van der Waals surface area contributed by atoms with Gasteiger partial charge in [0.1, 0.15) is 23.0 Å². The SMILES string of the molecule is CC12C(=C3CC1N1C(=O)c4c(O)c(=O)c(C(=O)NCc5ccc(F)cc5F)cn4CC1O3)C2(F)F. The number of alkyl halides is 2. The predicted molar refractivity (Wildman–Crippen MR) is 109 cm³/mol. The molecular formula is C23H17F4N3O5. The molecule has 12 heteroatoms. The van der Waals surface area contributed by atoms with Crippen LogP contribution in [0.1, 0.15) is 39.8 Å². The molecule has 1 saturated carbocycles. The minimum atomic E-state index is -3.10. The van der Waals surface area contributed by atoms with Crippen molar-refractivity contribution >= 4 is 11.8 Å². The summed E-state index contributed by atoms with van der Waals surface area (Å²) in [6.07, 6.45) is 0.232. The van der Waals surface area contributed by atoms with Crippen molar-refractivity contribution in [2.24, 2.45) is 5.41 Å². The van der Waals surface area contributed by atoms with Gasteiger partial charge in [0.05, 0.1) is 23.6 Å². The number of ether oxygens (including phenoxy) is 1. The summed E-state index contributed by atoms with van der Waals surface area (Å²) in [5.74, 6) is -7.45. The smallest absolute Gasteiger partial charge is 0.284 e. The zero-order valence-electron chi connectivity index (χ0n) is 18.1. The molecule has 1 aromatic heterocycles. The summed E-state index contributed by atoms with van der Waals surface area (Å²) in [6.45, 7) is 0.880. The Morgan fingerprint density at radius 3 is 2.74 bits per heavy atom. The minimum Gasteiger partial charge on any atom is -0.503 e. The molecule has 3 atom stereocenters. The van der Waals surface area contributed by atoms with E-state index in [9.17, 15) is 37.1 Å². The van der Waals surface area contributed by atoms with Gasteiger partial charge in [-0.15, -0.1) is 0 Å². The molecule has 35 heavy (non-hydrogen) atoms. The molecule has 0 radical (unpaired) electrons. The highest BCUT2D eigenvalue weighted by Crippen LogP contribution is 2.75. The van der Waals surface area contributed by atoms with Gasteiger partial charge in [-0.3, -0.25) is 19.3 Å². The highest BCUT2D eigenvalue weighted by atomic mass is 19.3. The maximum Gasteiger partial charge on any atom is 0.284 e. The van der Waals surface area contributed by atoms with Crippen LogP contribution in [-0.2, 0) is 17.8 Å². The van der Waals surface area contributed by atoms with E-state index in [0.29, 0.717) is 6.07 Å². The van der Waals surface area contributed by atoms with Crippen LogP contribution in [0.15, 0.2) is 40.5 Å². The van der Waals surface area contributed by atoms with E-state index in [0.717, 1.165) is 23.2 Å². The van der Waals surface area contributed by atoms with Crippen LogP contribution in [0.5, 0.6) is 5.75 Å². The number of aromatic nitrogens is 1. The largest absolute Gasteiger partial charge is 0.503 e. The number of amides is 2. The first kappa shape index (κ1) is 21.7. The van der Waals surface area contributed by atoms with Crippen molar-refractivity contribution in [1.29, 1.82) is 0 Å². The number of carbonyl (C=O) groups excluding carboxylic acids is 2. The third kappa shape index (κ3) is 2.64. The minimum absolute atomic E-state index is 0.0303. The topological polar surface area (TPSA) is 101 Å². The molecule has 182 valence electrons. The number of halogens is 4. The lowest BCUT2D eigenvalue weighted by atomic mass is 9.94. The third-order valence-corrected chi connectivity index (χ3v) is 7.42. The van der Waals surface area contributed by atoms with Crippen LogP contribution in [0.25, 0.3) is 0 Å². The maximum atomic E-state index is 14.4. The first-order chi connectivity index (χ1) is 16.5. The van der Waals surface area contributed by atoms with Gasteiger partial charge in [-0.1, -0.05) is 6.07 Å². The van der Waals surface area contributed by atoms with Crippen LogP contribution in [0.3, 0.4) is 0 Å². The molecule has 2 aliphatic heterocycles. The summed E-state index contributed by atoms with van der Waals surface area (Å²) in [5, 5.41) is 12.9. The molecule has 1 aromatic carbocycles. The van der Waals surface area contributed by atoms with Crippen LogP contribution < -0.4 is 10.7 Å². The Morgan fingerprint density at radius 2 is 2.03 bits per heavy atom. The lowest BCUT2D eigenvalue weighted by Gasteiger charge is -2.46. The zero-order chi connectivity index (χ0) is 25.0. The van der Waals surface area contributed by atoms with Gasteiger partial charge < -0.3 is 19.7 Å². The van der Waals surface area contributed by atoms with Gasteiger partial charge >= 0.3 is 0 Å². The number of nitrogens with one attached hydrogen (secondary N) is 1. The van der Waals surface area contributed by atoms with Crippen molar-refractivity contribution in [3.8, 4) is 5.75 Å². The Balaban J connectivity index is 1.31. The van der Waals surface area contributed by atoms with E-state index in [1.165, 1.54) is 11.5 Å². The number of benzene rings is 1. The number of hydrogen-bond donors (Lipinski definition) is 2. The van der Waals surface area contributed by atoms with E-state index in [4.69, 9.17) is 4.74 Å². The number of hydrogen-bond acceptors (Lipinski definition) is 5. The predicted octanol–water partition coefficient (Wildman–Crippen LogP) is 2.26. The second-order valence-corrected chi connectivity index (χ2v) is 9.22. The number of rotatable bonds is 3. The van der Waals surface area contributed by atoms with Gasteiger partial charge in [-0.2, -0.15) is 0 Å². The molecule has 2 N–H and O–H groups in total. The Morgan fingerprint density at radius 1 is 1.29 bits per heavy atom. The number of fused-ring (bicyclic) bond motifs is 7. The van der Waals surface area contributed by atoms with Gasteiger partial charge in [-0.05, 0) is 13.0 Å². The van der Waals surface area contributed by atoms with Crippen molar-refractivity contribution in [2.45, 2.75) is 44.6 Å². The highest BCUT2D eigenvalue weighted by molar-refractivity contribution is 5.99. The Kier molecular flexibility index (Phi) is 4.12. The van der Waals surface area contributed by atoms with Crippen LogP contribution in [0, 0.1) is 17.0 Å². The summed E-state index contributed by atoms with van der Waals surface area (Å²) < 4.78 is 62.6. The first-order valence-corrected chi connectivity index (χ1v) is 10.8. The van der Waals surface area contributed by atoms with Crippen molar-refractivity contribution in [3.05, 3.63) is 74.4 Å². The molecular weight excluding hydrogens is 474 g/mol. The van der Waals surface area contributed by atoms with E-state index in [-0.39, 0.29) is 36.4 Å². The van der Waals surface area contributed by atoms with Gasteiger partial charge in [0.25, 0.3) is 17.7 Å². The molecule has 6 rings (SSSR count). The number of nitrogens with zero attached hydrogens (tertiary/aromatic N) is 2. The summed E-state index contributed by atoms with van der Waals surface area (Å²) in [5.41, 5.74) is -3.81. The van der Waals surface area contributed by atoms with Gasteiger partial charge in [-0.25, -0.2) is 17.6 Å². The Hall–Kier alpha value is -3.83. The summed E-state index contributed by atoms with van der Waals surface area (Å²) in [6, 6.07) is 1.90. The normalized spacial score (nSPS) is 27.1. The molecule has 4 aliphatic rings. The Labute approximate surface area is 194 Å². The van der Waals surface area contributed by atoms with Crippen molar-refractivity contribution < 1.29 is 37.0 Å². The zero-order valence-corrected chi connectivity index (χ0v) is 18.1. The van der Waals surface area contributed by atoms with Crippen molar-refractivity contribution in [1.82, 2.24) is 14.8 Å². The molecule has 0 spiro atoms. The Bertz CT molecular complexity index is 1450. The van der Waals surface area contributed by atoms with E-state index < -0.39 is 69.5 Å². The fraction of sp³-hybridized carbons (Fsp3) is 0.348. The van der Waals surface area contributed by atoms with Crippen LogP contribution in [0.4, 0.5) is 17.6 Å². The van der Waals surface area contributed by atoms with Crippen LogP contribution in [0.2, 0.25) is 0 Å². The highest BCUT2D eigenvalue weighted by Gasteiger charge is 2.84. The van der Waals surface area contributed by atoms with E-state index >= 15 is 0 Å². The van der Waals surface area contributed by atoms with E-state index in [1.807, 2.05) is 0 Å². The van der Waals surface area contributed by atoms with Crippen LogP contribution >= 0.6 is 0 Å². The monoisotopic (exact) mass is 491 g/mol. The van der Waals surface area contributed by atoms with Crippen molar-refractivity contribution in [2.75, 3.05) is 0 Å². The summed E-state index contributed by atoms with van der Waals surface area (Å²) >= 11 is 0. The van der Waals surface area contributed by atoms with Crippen molar-refractivity contribution in [3.63, 3.8) is 0 Å². The molecule has 1 saturated heterocycles. The third-order valence-electron chi connectivity index (χ3n) is 7.42. The van der Waals surface area contributed by atoms with Crippen LogP contribution in [-0.4, -0.2) is 44.6 Å². The van der Waals surface area contributed by atoms with E-state index in [1.54, 1.807) is 0 Å². The van der Waals surface area contributed by atoms with Gasteiger partial charge in [0, 0.05) is 30.8 Å². The second kappa shape index (κ2) is 6.64. The molecule has 3 heterocycles. The average molecular weight is 491 g/mol. The standard InChI is InChI=1S/C23H17F4N3O5/c1-22-14-5-13(19(22)23(22,26)27)35-15-8-29-7-11(17(31)18(32)16(29)21(34)30(14)15)20(33)28-6-9-2-3-10(24)4-12(9)25/h2-4,7,14-15,32H,5-6,8H2,1H3,(H,28,33). The molecule has 8 nitrogen and oxygen atoms in total. The first-order valence-electron chi connectivity index (χ1n) is 10.8. The molecule has 2 aromatic rings. The van der Waals surface area contributed by atoms with Gasteiger partial charge in [0.2, 0.25) is 5.43 Å². The maximum absolute atomic E-state index is 14.4. The molecule has 3 unspecified atom stereocenters. The number of aromatic hydroxyl groups is 1. The number of carbonyl (C=O) groups is 2. The van der Waals surface area contributed by atoms with E-state index in [2.05, 4.69) is 5.32 Å². The lowest BCUT2D eigenvalue weighted by Crippen LogP contribution is -2.59. The molecule has 2 aliphatic carbocycles. The lowest BCUT2D eigenvalue weighted by molar-refractivity contribution is -0.104. The van der Waals surface area contributed by atoms with Gasteiger partial charge in [0.15, 0.2) is 17.7 Å². The molecule has 2 bridgehead atoms. The fourth-order valence-electron chi connectivity index (χ4n) is 5.50. The quantitative estimate of drug-likeness (QED) is 0.642. The summed E-state index contributed by atoms with van der Waals surface area (Å²) in [4.78, 5) is 39.8. The fourth-order valence-corrected chi connectivity index (χ4v) is 5.50. The molecule has 2 fully saturated rings. The summed E-state index contributed by atoms with van der Waals surface area (Å²) in [7, 11) is 0. The molecule has 2 amide bonds. The second-order valence-electron chi connectivity index (χ2n) is 9.22. The average Bonchev–Trinajstić information content (AvgIpc) is 3.13.